The maximum atomic E-state index is 2.87. The second kappa shape index (κ2) is 5.47. The van der Waals surface area contributed by atoms with Crippen molar-refractivity contribution in [3.8, 4) is 0 Å². The van der Waals surface area contributed by atoms with Crippen molar-refractivity contribution in [2.75, 3.05) is 6.16 Å². The first-order chi connectivity index (χ1) is 8.20. The summed E-state index contributed by atoms with van der Waals surface area (Å²) in [4.78, 5) is 0. The lowest BCUT2D eigenvalue weighted by molar-refractivity contribution is 0.932. The van der Waals surface area contributed by atoms with Gasteiger partial charge >= 0.3 is 0 Å². The van der Waals surface area contributed by atoms with E-state index in [2.05, 4.69) is 71.6 Å². The average molecular weight is 242 g/mol. The van der Waals surface area contributed by atoms with Gasteiger partial charge in [0.1, 0.15) is 0 Å². The number of rotatable bonds is 3. The highest BCUT2D eigenvalue weighted by molar-refractivity contribution is 7.16. The van der Waals surface area contributed by atoms with E-state index < -0.39 is 0 Å². The minimum Gasteiger partial charge on any atom is -0.137 e. The van der Waals surface area contributed by atoms with E-state index in [0.717, 1.165) is 6.16 Å². The Balaban J connectivity index is 2.40. The molecule has 0 fully saturated rings. The summed E-state index contributed by atoms with van der Waals surface area (Å²) in [5.41, 5.74) is 5.48. The smallest absolute Gasteiger partial charge is 0.0124 e. The highest BCUT2D eigenvalue weighted by Crippen LogP contribution is 2.27. The number of aryl methyl sites for hydroxylation is 2. The van der Waals surface area contributed by atoms with Crippen molar-refractivity contribution in [1.29, 1.82) is 0 Å². The monoisotopic (exact) mass is 242 g/mol. The molecule has 0 radical (unpaired) electrons. The van der Waals surface area contributed by atoms with E-state index in [-0.39, 0.29) is 0 Å². The molecule has 2 aromatic carbocycles. The fourth-order valence-corrected chi connectivity index (χ4v) is 2.78. The van der Waals surface area contributed by atoms with Crippen LogP contribution in [-0.4, -0.2) is 6.16 Å². The van der Waals surface area contributed by atoms with Gasteiger partial charge in [0.2, 0.25) is 0 Å². The van der Waals surface area contributed by atoms with Gasteiger partial charge in [0, 0.05) is 5.92 Å². The maximum Gasteiger partial charge on any atom is 0.0124 e. The molecule has 0 amide bonds. The van der Waals surface area contributed by atoms with Gasteiger partial charge in [-0.3, -0.25) is 0 Å². The molecule has 0 aliphatic carbocycles. The molecule has 2 rings (SSSR count). The Labute approximate surface area is 106 Å². The molecule has 88 valence electrons. The molecule has 0 heterocycles. The molecule has 0 aromatic heterocycles. The second-order valence-electron chi connectivity index (χ2n) is 4.62. The Bertz CT molecular complexity index is 457. The van der Waals surface area contributed by atoms with Crippen LogP contribution in [0.2, 0.25) is 0 Å². The lowest BCUT2D eigenvalue weighted by Gasteiger charge is -2.17. The van der Waals surface area contributed by atoms with Gasteiger partial charge in [-0.05, 0) is 31.1 Å². The van der Waals surface area contributed by atoms with Crippen LogP contribution in [0.25, 0.3) is 0 Å². The molecule has 0 aliphatic rings. The summed E-state index contributed by atoms with van der Waals surface area (Å²) in [5.74, 6) is 0.486. The Morgan fingerprint density at radius 1 is 0.882 bits per heavy atom. The average Bonchev–Trinajstić information content (AvgIpc) is 2.30. The molecular weight excluding hydrogens is 223 g/mol. The van der Waals surface area contributed by atoms with E-state index >= 15 is 0 Å². The van der Waals surface area contributed by atoms with Crippen LogP contribution in [0.3, 0.4) is 0 Å². The van der Waals surface area contributed by atoms with E-state index in [9.17, 15) is 0 Å². The van der Waals surface area contributed by atoms with Crippen LogP contribution < -0.4 is 0 Å². The van der Waals surface area contributed by atoms with Crippen LogP contribution >= 0.6 is 9.24 Å². The molecule has 0 bridgehead atoms. The van der Waals surface area contributed by atoms with Crippen LogP contribution in [-0.2, 0) is 0 Å². The summed E-state index contributed by atoms with van der Waals surface area (Å²) in [7, 11) is 2.87. The second-order valence-corrected chi connectivity index (χ2v) is 5.09. The van der Waals surface area contributed by atoms with Gasteiger partial charge in [-0.15, -0.1) is 9.24 Å². The zero-order valence-corrected chi connectivity index (χ0v) is 11.6. The largest absolute Gasteiger partial charge is 0.137 e. The third kappa shape index (κ3) is 2.96. The van der Waals surface area contributed by atoms with Crippen LogP contribution in [0.5, 0.6) is 0 Å². The highest BCUT2D eigenvalue weighted by Gasteiger charge is 2.11. The molecule has 1 atom stereocenters. The van der Waals surface area contributed by atoms with E-state index in [4.69, 9.17) is 0 Å². The third-order valence-corrected chi connectivity index (χ3v) is 3.60. The molecule has 1 unspecified atom stereocenters. The number of hydrogen-bond acceptors (Lipinski definition) is 0. The molecule has 0 saturated carbocycles. The van der Waals surface area contributed by atoms with Crippen molar-refractivity contribution in [3.05, 3.63) is 70.8 Å². The molecule has 1 heteroatoms. The maximum absolute atomic E-state index is 2.87. The number of benzene rings is 2. The lowest BCUT2D eigenvalue weighted by atomic mass is 9.91. The standard InChI is InChI=1S/C16H19P/c1-12-5-3-7-14(9-12)16(11-17)15-8-4-6-13(2)10-15/h3-10,16H,11,17H2,1-2H3. The first kappa shape index (κ1) is 12.3. The van der Waals surface area contributed by atoms with E-state index in [1.54, 1.807) is 0 Å². The van der Waals surface area contributed by atoms with Crippen molar-refractivity contribution in [3.63, 3.8) is 0 Å². The minimum atomic E-state index is 0.486. The van der Waals surface area contributed by atoms with Gasteiger partial charge in [-0.2, -0.15) is 0 Å². The van der Waals surface area contributed by atoms with Gasteiger partial charge in [0.05, 0.1) is 0 Å². The normalized spacial score (nSPS) is 10.8. The SMILES string of the molecule is Cc1cccc(C(CP)c2cccc(C)c2)c1. The first-order valence-electron chi connectivity index (χ1n) is 6.04. The lowest BCUT2D eigenvalue weighted by Crippen LogP contribution is -2.02. The predicted octanol–water partition coefficient (Wildman–Crippen LogP) is 4.31. The van der Waals surface area contributed by atoms with E-state index in [1.165, 1.54) is 22.3 Å². The van der Waals surface area contributed by atoms with Crippen LogP contribution in [0, 0.1) is 13.8 Å². The molecule has 0 nitrogen and oxygen atoms in total. The summed E-state index contributed by atoms with van der Waals surface area (Å²) >= 11 is 0. The van der Waals surface area contributed by atoms with Crippen molar-refractivity contribution in [1.82, 2.24) is 0 Å². The van der Waals surface area contributed by atoms with Gasteiger partial charge in [-0.25, -0.2) is 0 Å². The van der Waals surface area contributed by atoms with Crippen LogP contribution in [0.1, 0.15) is 28.2 Å². The van der Waals surface area contributed by atoms with Crippen LogP contribution in [0.4, 0.5) is 0 Å². The summed E-state index contributed by atoms with van der Waals surface area (Å²) < 4.78 is 0. The van der Waals surface area contributed by atoms with Crippen molar-refractivity contribution >= 4 is 9.24 Å². The van der Waals surface area contributed by atoms with E-state index in [0.29, 0.717) is 5.92 Å². The summed E-state index contributed by atoms with van der Waals surface area (Å²) in [5, 5.41) is 0. The van der Waals surface area contributed by atoms with Gasteiger partial charge in [-0.1, -0.05) is 59.7 Å². The van der Waals surface area contributed by atoms with E-state index in [1.807, 2.05) is 0 Å². The Morgan fingerprint density at radius 3 is 1.71 bits per heavy atom. The highest BCUT2D eigenvalue weighted by atomic mass is 31.0. The summed E-state index contributed by atoms with van der Waals surface area (Å²) in [6.07, 6.45) is 1.06. The predicted molar refractivity (Wildman–Crippen MR) is 78.8 cm³/mol. The molecular formula is C16H19P. The quantitative estimate of drug-likeness (QED) is 0.703. The molecule has 0 spiro atoms. The zero-order chi connectivity index (χ0) is 12.3. The molecule has 17 heavy (non-hydrogen) atoms. The van der Waals surface area contributed by atoms with Gasteiger partial charge < -0.3 is 0 Å². The Kier molecular flexibility index (Phi) is 3.97. The molecule has 2 aromatic rings. The topological polar surface area (TPSA) is 0 Å². The number of hydrogen-bond donors (Lipinski definition) is 0. The van der Waals surface area contributed by atoms with Crippen molar-refractivity contribution in [2.24, 2.45) is 0 Å². The fraction of sp³-hybridized carbons (Fsp3) is 0.250. The van der Waals surface area contributed by atoms with Gasteiger partial charge in [0.15, 0.2) is 0 Å². The van der Waals surface area contributed by atoms with Gasteiger partial charge in [0.25, 0.3) is 0 Å². The molecule has 0 aliphatic heterocycles. The Morgan fingerprint density at radius 2 is 1.35 bits per heavy atom. The fourth-order valence-electron chi connectivity index (χ4n) is 2.24. The Hall–Kier alpha value is -1.13. The summed E-state index contributed by atoms with van der Waals surface area (Å²) in [6, 6.07) is 17.6. The van der Waals surface area contributed by atoms with Crippen molar-refractivity contribution in [2.45, 2.75) is 19.8 Å². The molecule has 0 saturated heterocycles. The van der Waals surface area contributed by atoms with Crippen molar-refractivity contribution < 1.29 is 0 Å². The third-order valence-electron chi connectivity index (χ3n) is 3.12. The van der Waals surface area contributed by atoms with Crippen LogP contribution in [0.15, 0.2) is 48.5 Å². The first-order valence-corrected chi connectivity index (χ1v) is 6.85. The summed E-state index contributed by atoms with van der Waals surface area (Å²) in [6.45, 7) is 4.30. The molecule has 0 N–H and O–H groups in total. The zero-order valence-electron chi connectivity index (χ0n) is 10.5. The minimum absolute atomic E-state index is 0.486.